The van der Waals surface area contributed by atoms with Gasteiger partial charge < -0.3 is 29.6 Å². The van der Waals surface area contributed by atoms with Crippen molar-refractivity contribution >= 4 is 19.8 Å². The molecule has 2 unspecified atom stereocenters. The maximum Gasteiger partial charge on any atom is 0.472 e. The van der Waals surface area contributed by atoms with Crippen molar-refractivity contribution in [3.8, 4) is 0 Å². The summed E-state index contributed by atoms with van der Waals surface area (Å²) in [6.07, 6.45) is 43.6. The van der Waals surface area contributed by atoms with Crippen LogP contribution in [0.4, 0.5) is 0 Å². The fourth-order valence-electron chi connectivity index (χ4n) is 6.57. The molecule has 12 heteroatoms. The first kappa shape index (κ1) is 57.7. The summed E-state index contributed by atoms with van der Waals surface area (Å²) in [4.78, 5) is 35.0. The number of phosphoric ester groups is 1. The highest BCUT2D eigenvalue weighted by Crippen LogP contribution is 2.43. The lowest BCUT2D eigenvalue weighted by Crippen LogP contribution is -2.29. The number of rotatable bonds is 40. The van der Waals surface area contributed by atoms with Crippen LogP contribution >= 0.6 is 7.82 Å². The Hall–Kier alpha value is -3.31. The molecule has 0 fully saturated rings. The number of esters is 2. The summed E-state index contributed by atoms with van der Waals surface area (Å²) < 4.78 is 39.0. The van der Waals surface area contributed by atoms with Crippen molar-refractivity contribution in [1.29, 1.82) is 0 Å². The Bertz CT molecular complexity index is 1560. The lowest BCUT2D eigenvalue weighted by Gasteiger charge is -2.19. The third-order valence-corrected chi connectivity index (χ3v) is 11.4. The molecule has 0 aromatic carbocycles. The van der Waals surface area contributed by atoms with Crippen LogP contribution < -0.4 is 5.73 Å². The van der Waals surface area contributed by atoms with E-state index < -0.39 is 38.6 Å². The number of furan rings is 1. The number of unbranched alkanes of at least 4 members (excludes halogenated alkanes) is 11. The monoisotopic (exact) mass is 902 g/mol. The zero-order chi connectivity index (χ0) is 46.2. The molecule has 3 atom stereocenters. The SMILES string of the molecule is CC/C=C\C/C=C\CC(O)/C=C/C=C\C/C=C\C/C=C\CCC(=O)OC[C@H](COP(=O)(O)OCCN)OC(=O)CCCCCCCCCCCCc1oc(CCCCC)c(C)c1C. The van der Waals surface area contributed by atoms with Crippen molar-refractivity contribution in [3.05, 3.63) is 95.6 Å². The number of hydrogen-bond acceptors (Lipinski definition) is 10. The van der Waals surface area contributed by atoms with Gasteiger partial charge >= 0.3 is 19.8 Å². The molecule has 1 aromatic rings. The Labute approximate surface area is 380 Å². The van der Waals surface area contributed by atoms with E-state index in [1.165, 1.54) is 74.0 Å². The van der Waals surface area contributed by atoms with Crippen LogP contribution in [0, 0.1) is 13.8 Å². The van der Waals surface area contributed by atoms with Gasteiger partial charge in [0.15, 0.2) is 6.10 Å². The minimum absolute atomic E-state index is 0.0274. The minimum atomic E-state index is -4.42. The first-order chi connectivity index (χ1) is 30.5. The molecule has 0 saturated heterocycles. The molecule has 0 aliphatic rings. The quantitative estimate of drug-likeness (QED) is 0.0188. The predicted octanol–water partition coefficient (Wildman–Crippen LogP) is 12.5. The summed E-state index contributed by atoms with van der Waals surface area (Å²) in [5.74, 6) is 1.38. The fourth-order valence-corrected chi connectivity index (χ4v) is 7.34. The van der Waals surface area contributed by atoms with E-state index in [0.717, 1.165) is 57.8 Å². The van der Waals surface area contributed by atoms with Gasteiger partial charge in [-0.3, -0.25) is 18.6 Å². The van der Waals surface area contributed by atoms with Crippen molar-refractivity contribution in [2.24, 2.45) is 5.73 Å². The van der Waals surface area contributed by atoms with Gasteiger partial charge in [-0.15, -0.1) is 0 Å². The van der Waals surface area contributed by atoms with Crippen LogP contribution in [0.5, 0.6) is 0 Å². The van der Waals surface area contributed by atoms with Crippen LogP contribution in [0.2, 0.25) is 0 Å². The number of nitrogens with two attached hydrogens (primary N) is 1. The maximum absolute atomic E-state index is 12.7. The van der Waals surface area contributed by atoms with Gasteiger partial charge in [-0.2, -0.15) is 0 Å². The average Bonchev–Trinajstić information content (AvgIpc) is 3.53. The molecule has 0 aliphatic carbocycles. The lowest BCUT2D eigenvalue weighted by molar-refractivity contribution is -0.161. The van der Waals surface area contributed by atoms with Gasteiger partial charge in [-0.25, -0.2) is 4.57 Å². The van der Waals surface area contributed by atoms with Gasteiger partial charge in [-0.1, -0.05) is 151 Å². The van der Waals surface area contributed by atoms with Crippen molar-refractivity contribution in [3.63, 3.8) is 0 Å². The number of aryl methyl sites for hydroxylation is 2. The highest BCUT2D eigenvalue weighted by Gasteiger charge is 2.26. The third-order valence-electron chi connectivity index (χ3n) is 10.4. The second-order valence-electron chi connectivity index (χ2n) is 16.0. The summed E-state index contributed by atoms with van der Waals surface area (Å²) in [7, 11) is -4.42. The number of ether oxygens (including phenoxy) is 2. The molecule has 0 radical (unpaired) electrons. The number of carbonyl (C=O) groups excluding carboxylic acids is 2. The maximum atomic E-state index is 12.7. The summed E-state index contributed by atoms with van der Waals surface area (Å²) in [6, 6.07) is 0. The fraction of sp³-hybridized carbons (Fsp3) is 0.647. The van der Waals surface area contributed by atoms with Gasteiger partial charge in [0.25, 0.3) is 0 Å². The zero-order valence-corrected chi connectivity index (χ0v) is 40.3. The highest BCUT2D eigenvalue weighted by atomic mass is 31.2. The molecule has 1 rings (SSSR count). The molecule has 0 bridgehead atoms. The summed E-state index contributed by atoms with van der Waals surface area (Å²) in [5, 5.41) is 10.0. The van der Waals surface area contributed by atoms with Crippen LogP contribution in [0.3, 0.4) is 0 Å². The summed E-state index contributed by atoms with van der Waals surface area (Å²) in [5.41, 5.74) is 8.03. The van der Waals surface area contributed by atoms with Crippen LogP contribution in [0.1, 0.15) is 171 Å². The first-order valence-corrected chi connectivity index (χ1v) is 25.4. The second kappa shape index (κ2) is 39.1. The molecule has 0 aliphatic heterocycles. The largest absolute Gasteiger partial charge is 0.472 e. The van der Waals surface area contributed by atoms with E-state index in [-0.39, 0.29) is 32.6 Å². The molecule has 0 amide bonds. The number of aliphatic hydroxyl groups excluding tert-OH is 1. The van der Waals surface area contributed by atoms with Crippen molar-refractivity contribution in [2.45, 2.75) is 188 Å². The second-order valence-corrected chi connectivity index (χ2v) is 17.5. The van der Waals surface area contributed by atoms with E-state index in [9.17, 15) is 24.2 Å². The average molecular weight is 902 g/mol. The van der Waals surface area contributed by atoms with E-state index in [0.29, 0.717) is 25.7 Å². The molecular formula is C51H84NO10P. The van der Waals surface area contributed by atoms with E-state index in [1.54, 1.807) is 6.08 Å². The van der Waals surface area contributed by atoms with E-state index in [2.05, 4.69) is 45.9 Å². The smallest absolute Gasteiger partial charge is 0.466 e. The van der Waals surface area contributed by atoms with E-state index in [1.807, 2.05) is 48.6 Å². The van der Waals surface area contributed by atoms with Gasteiger partial charge in [-0.05, 0) is 82.8 Å². The van der Waals surface area contributed by atoms with Crippen LogP contribution in [-0.4, -0.2) is 60.5 Å². The van der Waals surface area contributed by atoms with Crippen molar-refractivity contribution < 1.29 is 47.1 Å². The molecular weight excluding hydrogens is 818 g/mol. The molecule has 1 heterocycles. The minimum Gasteiger partial charge on any atom is -0.466 e. The van der Waals surface area contributed by atoms with Crippen LogP contribution in [-0.2, 0) is 45.5 Å². The Morgan fingerprint density at radius 2 is 1.25 bits per heavy atom. The Morgan fingerprint density at radius 1 is 0.683 bits per heavy atom. The molecule has 1 aromatic heterocycles. The van der Waals surface area contributed by atoms with E-state index in [4.69, 9.17) is 28.7 Å². The van der Waals surface area contributed by atoms with Crippen molar-refractivity contribution in [2.75, 3.05) is 26.4 Å². The molecule has 0 saturated carbocycles. The Kier molecular flexibility index (Phi) is 35.8. The predicted molar refractivity (Wildman–Crippen MR) is 256 cm³/mol. The van der Waals surface area contributed by atoms with Gasteiger partial charge in [0, 0.05) is 32.2 Å². The first-order valence-electron chi connectivity index (χ1n) is 23.9. The summed E-state index contributed by atoms with van der Waals surface area (Å²) >= 11 is 0. The zero-order valence-electron chi connectivity index (χ0n) is 39.4. The molecule has 63 heavy (non-hydrogen) atoms. The van der Waals surface area contributed by atoms with E-state index >= 15 is 0 Å². The standard InChI is InChI=1S/C51H84NO10P/c1-5-7-9-10-23-29-34-46(53)35-30-24-19-15-11-13-17-21-26-32-38-50(54)58-42-47(43-60-63(56,57)59-41-40-52)61-51(55)39-33-27-22-18-14-12-16-20-25-31-37-49-45(4)44(3)48(62-49)36-28-8-6-2/h7,9,11,13,19,21,23-24,26,29-30,35,46-47,53H,5-6,8,10,12,14-18,20,22,25,27-28,31-34,36-43,52H2,1-4H3,(H,56,57)/b9-7-,13-11-,24-19-,26-21-,29-23-,35-30+/t46?,47-/m1/s1. The molecule has 11 nitrogen and oxygen atoms in total. The Balaban J connectivity index is 2.29. The number of allylic oxidation sites excluding steroid dienone is 10. The number of aliphatic hydroxyl groups is 1. The highest BCUT2D eigenvalue weighted by molar-refractivity contribution is 7.47. The molecule has 4 N–H and O–H groups in total. The third kappa shape index (κ3) is 32.9. The van der Waals surface area contributed by atoms with Crippen LogP contribution in [0.15, 0.2) is 77.3 Å². The van der Waals surface area contributed by atoms with Crippen molar-refractivity contribution in [1.82, 2.24) is 0 Å². The molecule has 0 spiro atoms. The normalized spacial score (nSPS) is 14.3. The van der Waals surface area contributed by atoms with Gasteiger partial charge in [0.2, 0.25) is 0 Å². The van der Waals surface area contributed by atoms with Crippen LogP contribution in [0.25, 0.3) is 0 Å². The summed E-state index contributed by atoms with van der Waals surface area (Å²) in [6.45, 7) is 7.77. The number of hydrogen-bond donors (Lipinski definition) is 3. The lowest BCUT2D eigenvalue weighted by atomic mass is 10.0. The Morgan fingerprint density at radius 3 is 1.89 bits per heavy atom. The number of phosphoric acid groups is 1. The topological polar surface area (TPSA) is 168 Å². The van der Waals surface area contributed by atoms with Gasteiger partial charge in [0.1, 0.15) is 18.1 Å². The number of carbonyl (C=O) groups is 2. The molecule has 358 valence electrons. The van der Waals surface area contributed by atoms with Gasteiger partial charge in [0.05, 0.1) is 19.3 Å².